The number of nitrogens with zero attached hydrogens (tertiary/aromatic N) is 1. The second-order valence-electron chi connectivity index (χ2n) is 7.53. The average molecular weight is 351 g/mol. The Labute approximate surface area is 146 Å². The van der Waals surface area contributed by atoms with E-state index in [1.807, 2.05) is 0 Å². The first-order chi connectivity index (χ1) is 11.1. The van der Waals surface area contributed by atoms with Crippen molar-refractivity contribution >= 4 is 35.3 Å². The largest absolute Gasteiger partial charge is 0.273 e. The molecule has 0 saturated heterocycles. The van der Waals surface area contributed by atoms with Crippen LogP contribution >= 0.6 is 23.2 Å². The smallest absolute Gasteiger partial charge is 0.246 e. The molecule has 0 spiro atoms. The van der Waals surface area contributed by atoms with Crippen molar-refractivity contribution in [2.75, 3.05) is 0 Å². The van der Waals surface area contributed by atoms with Gasteiger partial charge in [0.25, 0.3) is 0 Å². The molecule has 4 saturated carbocycles. The highest BCUT2D eigenvalue weighted by Gasteiger charge is 2.54. The number of hydrogen-bond donors (Lipinski definition) is 1. The van der Waals surface area contributed by atoms with E-state index in [0.717, 1.165) is 37.0 Å². The summed E-state index contributed by atoms with van der Waals surface area (Å²) in [6.45, 7) is 0. The molecule has 5 heteroatoms. The van der Waals surface area contributed by atoms with E-state index in [2.05, 4.69) is 10.5 Å². The van der Waals surface area contributed by atoms with Gasteiger partial charge in [0.2, 0.25) is 5.91 Å². The molecular weight excluding hydrogens is 331 g/mol. The summed E-state index contributed by atoms with van der Waals surface area (Å²) < 4.78 is 0. The second-order valence-corrected chi connectivity index (χ2v) is 8.35. The molecule has 1 aromatic rings. The fourth-order valence-electron chi connectivity index (χ4n) is 5.30. The van der Waals surface area contributed by atoms with E-state index in [0.29, 0.717) is 15.6 Å². The number of carbonyl (C=O) groups excluding carboxylic acids is 1. The van der Waals surface area contributed by atoms with Crippen LogP contribution in [-0.4, -0.2) is 12.1 Å². The third-order valence-corrected chi connectivity index (χ3v) is 6.54. The Bertz CT molecular complexity index is 615. The van der Waals surface area contributed by atoms with Crippen molar-refractivity contribution in [2.45, 2.75) is 38.5 Å². The third kappa shape index (κ3) is 2.78. The molecule has 0 radical (unpaired) electrons. The number of hydrogen-bond acceptors (Lipinski definition) is 2. The summed E-state index contributed by atoms with van der Waals surface area (Å²) in [5.41, 5.74) is 3.21. The lowest BCUT2D eigenvalue weighted by Gasteiger charge is -2.55. The number of halogens is 2. The normalized spacial score (nSPS) is 35.0. The van der Waals surface area contributed by atoms with E-state index in [4.69, 9.17) is 23.2 Å². The lowest BCUT2D eigenvalue weighted by atomic mass is 9.49. The monoisotopic (exact) mass is 350 g/mol. The van der Waals surface area contributed by atoms with Gasteiger partial charge < -0.3 is 0 Å². The summed E-state index contributed by atoms with van der Waals surface area (Å²) in [6.07, 6.45) is 8.62. The average Bonchev–Trinajstić information content (AvgIpc) is 2.48. The molecule has 0 aliphatic heterocycles. The highest BCUT2D eigenvalue weighted by molar-refractivity contribution is 6.38. The Morgan fingerprint density at radius 1 is 1.09 bits per heavy atom. The maximum atomic E-state index is 12.8. The van der Waals surface area contributed by atoms with Gasteiger partial charge in [-0.05, 0) is 68.4 Å². The molecule has 122 valence electrons. The minimum absolute atomic E-state index is 0.0797. The van der Waals surface area contributed by atoms with Gasteiger partial charge in [0.1, 0.15) is 0 Å². The predicted octanol–water partition coefficient (Wildman–Crippen LogP) is 4.66. The summed E-state index contributed by atoms with van der Waals surface area (Å²) in [6, 6.07) is 5.31. The molecule has 1 amide bonds. The Hall–Kier alpha value is -1.06. The van der Waals surface area contributed by atoms with Gasteiger partial charge in [0, 0.05) is 5.56 Å². The molecular formula is C18H20Cl2N2O. The number of rotatable bonds is 3. The second kappa shape index (κ2) is 5.78. The first-order valence-corrected chi connectivity index (χ1v) is 9.09. The lowest BCUT2D eigenvalue weighted by Crippen LogP contribution is -2.52. The molecule has 0 unspecified atom stereocenters. The van der Waals surface area contributed by atoms with E-state index in [1.54, 1.807) is 24.4 Å². The molecule has 4 aliphatic rings. The summed E-state index contributed by atoms with van der Waals surface area (Å²) in [4.78, 5) is 12.8. The van der Waals surface area contributed by atoms with Crippen LogP contribution in [0.15, 0.2) is 23.3 Å². The zero-order valence-corrected chi connectivity index (χ0v) is 14.4. The summed E-state index contributed by atoms with van der Waals surface area (Å²) >= 11 is 12.2. The first kappa shape index (κ1) is 15.5. The highest BCUT2D eigenvalue weighted by Crippen LogP contribution is 2.60. The van der Waals surface area contributed by atoms with Gasteiger partial charge >= 0.3 is 0 Å². The molecule has 4 fully saturated rings. The van der Waals surface area contributed by atoms with Gasteiger partial charge in [-0.15, -0.1) is 0 Å². The van der Waals surface area contributed by atoms with Gasteiger partial charge in [-0.25, -0.2) is 5.43 Å². The fraction of sp³-hybridized carbons (Fsp3) is 0.556. The molecule has 1 N–H and O–H groups in total. The lowest BCUT2D eigenvalue weighted by molar-refractivity contribution is -0.146. The predicted molar refractivity (Wildman–Crippen MR) is 92.8 cm³/mol. The molecule has 0 atom stereocenters. The summed E-state index contributed by atoms with van der Waals surface area (Å²) in [5, 5.41) is 5.19. The fourth-order valence-corrected chi connectivity index (χ4v) is 5.79. The molecule has 23 heavy (non-hydrogen) atoms. The third-order valence-electron chi connectivity index (χ3n) is 5.88. The van der Waals surface area contributed by atoms with Crippen LogP contribution in [0, 0.1) is 23.2 Å². The topological polar surface area (TPSA) is 41.5 Å². The summed E-state index contributed by atoms with van der Waals surface area (Å²) in [7, 11) is 0. The molecule has 1 aromatic carbocycles. The van der Waals surface area contributed by atoms with Crippen molar-refractivity contribution in [1.29, 1.82) is 0 Å². The maximum absolute atomic E-state index is 12.8. The zero-order chi connectivity index (χ0) is 16.0. The highest BCUT2D eigenvalue weighted by atomic mass is 35.5. The van der Waals surface area contributed by atoms with Crippen molar-refractivity contribution in [3.05, 3.63) is 33.8 Å². The van der Waals surface area contributed by atoms with Gasteiger partial charge in [0.15, 0.2) is 0 Å². The van der Waals surface area contributed by atoms with Crippen LogP contribution < -0.4 is 5.43 Å². The van der Waals surface area contributed by atoms with Crippen molar-refractivity contribution in [1.82, 2.24) is 5.43 Å². The zero-order valence-electron chi connectivity index (χ0n) is 12.9. The van der Waals surface area contributed by atoms with Crippen LogP contribution in [0.3, 0.4) is 0 Å². The maximum Gasteiger partial charge on any atom is 0.246 e. The van der Waals surface area contributed by atoms with E-state index < -0.39 is 0 Å². The van der Waals surface area contributed by atoms with Crippen LogP contribution in [0.1, 0.15) is 44.1 Å². The number of hydrazone groups is 1. The van der Waals surface area contributed by atoms with E-state index in [9.17, 15) is 4.79 Å². The van der Waals surface area contributed by atoms with Crippen LogP contribution in [-0.2, 0) is 4.79 Å². The van der Waals surface area contributed by atoms with Crippen molar-refractivity contribution in [2.24, 2.45) is 28.3 Å². The van der Waals surface area contributed by atoms with Gasteiger partial charge in [-0.1, -0.05) is 29.3 Å². The van der Waals surface area contributed by atoms with E-state index in [1.165, 1.54) is 19.3 Å². The number of nitrogens with one attached hydrogen (secondary N) is 1. The van der Waals surface area contributed by atoms with Gasteiger partial charge in [-0.2, -0.15) is 5.10 Å². The molecule has 0 heterocycles. The molecule has 4 bridgehead atoms. The minimum Gasteiger partial charge on any atom is -0.273 e. The Balaban J connectivity index is 1.47. The molecule has 0 aromatic heterocycles. The number of carbonyl (C=O) groups is 1. The van der Waals surface area contributed by atoms with Gasteiger partial charge in [0.05, 0.1) is 21.7 Å². The van der Waals surface area contributed by atoms with Crippen molar-refractivity contribution in [3.63, 3.8) is 0 Å². The van der Waals surface area contributed by atoms with Crippen LogP contribution in [0.4, 0.5) is 0 Å². The van der Waals surface area contributed by atoms with Crippen molar-refractivity contribution in [3.8, 4) is 0 Å². The number of benzene rings is 1. The molecule has 5 rings (SSSR count). The quantitative estimate of drug-likeness (QED) is 0.625. The molecule has 4 aliphatic carbocycles. The van der Waals surface area contributed by atoms with Crippen LogP contribution in [0.2, 0.25) is 10.0 Å². The Morgan fingerprint density at radius 2 is 1.61 bits per heavy atom. The Kier molecular flexibility index (Phi) is 3.89. The van der Waals surface area contributed by atoms with Gasteiger partial charge in [-0.3, -0.25) is 4.79 Å². The van der Waals surface area contributed by atoms with Crippen LogP contribution in [0.25, 0.3) is 0 Å². The molecule has 3 nitrogen and oxygen atoms in total. The number of amides is 1. The van der Waals surface area contributed by atoms with Crippen LogP contribution in [0.5, 0.6) is 0 Å². The first-order valence-electron chi connectivity index (χ1n) is 8.33. The van der Waals surface area contributed by atoms with Crippen molar-refractivity contribution < 1.29 is 4.79 Å². The standard InChI is InChI=1S/C18H20Cl2N2O/c19-15-2-1-3-16(20)14(15)10-21-22-17(23)18-7-11-4-12(8-18)6-13(5-11)9-18/h1-3,10-13H,4-9H2,(H,22,23)/b21-10-. The SMILES string of the molecule is O=C(N/N=C\c1c(Cl)cccc1Cl)C12CC3CC(CC(C3)C1)C2. The Morgan fingerprint density at radius 3 is 2.13 bits per heavy atom. The van der Waals surface area contributed by atoms with E-state index in [-0.39, 0.29) is 11.3 Å². The summed E-state index contributed by atoms with van der Waals surface area (Å²) in [5.74, 6) is 2.31. The minimum atomic E-state index is -0.184. The van der Waals surface area contributed by atoms with E-state index >= 15 is 0 Å².